The molecule has 0 aliphatic carbocycles. The number of rotatable bonds is 8. The quantitative estimate of drug-likeness (QED) is 0.333. The standard InChI is InChI=1S/C16H32OSi/c1-8-12-15(2)13-10-9-11-14-17-18(6,7)16(3,4)5/h1,15H,9-14H2,2-7H3/t15-/m0/s1. The van der Waals surface area contributed by atoms with Gasteiger partial charge in [0.1, 0.15) is 0 Å². The van der Waals surface area contributed by atoms with Crippen molar-refractivity contribution >= 4 is 8.32 Å². The first kappa shape index (κ1) is 17.7. The molecule has 0 saturated carbocycles. The third-order valence-electron chi connectivity index (χ3n) is 4.08. The summed E-state index contributed by atoms with van der Waals surface area (Å²) in [6, 6.07) is 0. The average Bonchev–Trinajstić information content (AvgIpc) is 2.21. The molecule has 0 aromatic carbocycles. The first-order valence-electron chi connectivity index (χ1n) is 7.28. The van der Waals surface area contributed by atoms with E-state index < -0.39 is 8.32 Å². The molecule has 1 nitrogen and oxygen atoms in total. The Morgan fingerprint density at radius 3 is 2.28 bits per heavy atom. The van der Waals surface area contributed by atoms with Crippen LogP contribution in [-0.4, -0.2) is 14.9 Å². The summed E-state index contributed by atoms with van der Waals surface area (Å²) in [6.45, 7) is 14.7. The predicted molar refractivity (Wildman–Crippen MR) is 84.2 cm³/mol. The van der Waals surface area contributed by atoms with Crippen LogP contribution in [0.25, 0.3) is 0 Å². The van der Waals surface area contributed by atoms with Crippen LogP contribution >= 0.6 is 0 Å². The van der Waals surface area contributed by atoms with Gasteiger partial charge in [-0.15, -0.1) is 12.3 Å². The van der Waals surface area contributed by atoms with Crippen LogP contribution in [0.1, 0.15) is 59.8 Å². The average molecular weight is 269 g/mol. The van der Waals surface area contributed by atoms with Crippen molar-refractivity contribution in [2.45, 2.75) is 77.9 Å². The molecule has 0 radical (unpaired) electrons. The molecular formula is C16H32OSi. The Kier molecular flexibility index (Phi) is 7.90. The zero-order valence-electron chi connectivity index (χ0n) is 13.3. The summed E-state index contributed by atoms with van der Waals surface area (Å²) in [5.41, 5.74) is 0. The Hall–Kier alpha value is -0.263. The van der Waals surface area contributed by atoms with Gasteiger partial charge in [0.2, 0.25) is 0 Å². The Morgan fingerprint density at radius 2 is 1.78 bits per heavy atom. The molecule has 0 rings (SSSR count). The second kappa shape index (κ2) is 8.02. The number of terminal acetylenes is 1. The molecule has 0 heterocycles. The molecule has 0 aliphatic heterocycles. The molecule has 0 fully saturated rings. The van der Waals surface area contributed by atoms with Crippen LogP contribution in [0.5, 0.6) is 0 Å². The zero-order valence-corrected chi connectivity index (χ0v) is 14.3. The van der Waals surface area contributed by atoms with E-state index in [-0.39, 0.29) is 0 Å². The van der Waals surface area contributed by atoms with Crippen molar-refractivity contribution < 1.29 is 4.43 Å². The van der Waals surface area contributed by atoms with Gasteiger partial charge >= 0.3 is 0 Å². The molecule has 0 aliphatic rings. The largest absolute Gasteiger partial charge is 0.417 e. The van der Waals surface area contributed by atoms with Crippen molar-refractivity contribution in [3.05, 3.63) is 0 Å². The van der Waals surface area contributed by atoms with Crippen LogP contribution in [0.2, 0.25) is 18.1 Å². The van der Waals surface area contributed by atoms with Gasteiger partial charge in [0, 0.05) is 13.0 Å². The lowest BCUT2D eigenvalue weighted by Gasteiger charge is -2.36. The van der Waals surface area contributed by atoms with E-state index in [1.54, 1.807) is 0 Å². The van der Waals surface area contributed by atoms with Gasteiger partial charge < -0.3 is 4.43 Å². The second-order valence-electron chi connectivity index (χ2n) is 6.97. The molecule has 0 aromatic heterocycles. The summed E-state index contributed by atoms with van der Waals surface area (Å²) in [5, 5.41) is 0.328. The van der Waals surface area contributed by atoms with Crippen LogP contribution in [0, 0.1) is 18.3 Å². The van der Waals surface area contributed by atoms with E-state index in [1.165, 1.54) is 25.7 Å². The molecule has 2 heteroatoms. The zero-order chi connectivity index (χ0) is 14.2. The van der Waals surface area contributed by atoms with Gasteiger partial charge in [-0.05, 0) is 36.9 Å². The Morgan fingerprint density at radius 1 is 1.17 bits per heavy atom. The van der Waals surface area contributed by atoms with Crippen molar-refractivity contribution in [2.24, 2.45) is 5.92 Å². The monoisotopic (exact) mass is 268 g/mol. The SMILES string of the molecule is C#CC[C@H](C)CCCCCO[Si](C)(C)C(C)(C)C. The lowest BCUT2D eigenvalue weighted by atomic mass is 10.0. The van der Waals surface area contributed by atoms with Crippen LogP contribution in [0.15, 0.2) is 0 Å². The van der Waals surface area contributed by atoms with E-state index in [2.05, 4.69) is 46.7 Å². The van der Waals surface area contributed by atoms with Crippen LogP contribution in [-0.2, 0) is 4.43 Å². The fourth-order valence-corrected chi connectivity index (χ4v) is 2.71. The van der Waals surface area contributed by atoms with Crippen molar-refractivity contribution in [2.75, 3.05) is 6.61 Å². The van der Waals surface area contributed by atoms with Crippen LogP contribution in [0.3, 0.4) is 0 Å². The van der Waals surface area contributed by atoms with E-state index in [9.17, 15) is 0 Å². The van der Waals surface area contributed by atoms with Gasteiger partial charge in [-0.25, -0.2) is 0 Å². The highest BCUT2D eigenvalue weighted by molar-refractivity contribution is 6.74. The lowest BCUT2D eigenvalue weighted by Crippen LogP contribution is -2.40. The summed E-state index contributed by atoms with van der Waals surface area (Å²) in [6.07, 6.45) is 11.2. The predicted octanol–water partition coefficient (Wildman–Crippen LogP) is 5.23. The molecule has 18 heavy (non-hydrogen) atoms. The number of unbranched alkanes of at least 4 members (excludes halogenated alkanes) is 2. The highest BCUT2D eigenvalue weighted by Gasteiger charge is 2.36. The molecule has 0 bridgehead atoms. The molecule has 0 saturated heterocycles. The summed E-state index contributed by atoms with van der Waals surface area (Å²) in [4.78, 5) is 0. The Bertz CT molecular complexity index is 257. The maximum atomic E-state index is 6.16. The molecule has 0 unspecified atom stereocenters. The summed E-state index contributed by atoms with van der Waals surface area (Å²) in [7, 11) is -1.53. The van der Waals surface area contributed by atoms with Crippen molar-refractivity contribution in [1.29, 1.82) is 0 Å². The Labute approximate surface area is 116 Å². The van der Waals surface area contributed by atoms with Crippen LogP contribution < -0.4 is 0 Å². The third-order valence-corrected chi connectivity index (χ3v) is 8.61. The van der Waals surface area contributed by atoms with E-state index in [0.29, 0.717) is 11.0 Å². The highest BCUT2D eigenvalue weighted by atomic mass is 28.4. The van der Waals surface area contributed by atoms with E-state index >= 15 is 0 Å². The van der Waals surface area contributed by atoms with Gasteiger partial charge in [0.05, 0.1) is 0 Å². The maximum absolute atomic E-state index is 6.16. The van der Waals surface area contributed by atoms with Gasteiger partial charge in [0.25, 0.3) is 0 Å². The first-order valence-corrected chi connectivity index (χ1v) is 10.2. The van der Waals surface area contributed by atoms with Crippen molar-refractivity contribution in [1.82, 2.24) is 0 Å². The third kappa shape index (κ3) is 7.23. The molecular weight excluding hydrogens is 236 g/mol. The van der Waals surface area contributed by atoms with Gasteiger partial charge in [-0.1, -0.05) is 40.5 Å². The maximum Gasteiger partial charge on any atom is 0.191 e. The van der Waals surface area contributed by atoms with E-state index in [1.807, 2.05) is 0 Å². The van der Waals surface area contributed by atoms with E-state index in [4.69, 9.17) is 10.8 Å². The summed E-state index contributed by atoms with van der Waals surface area (Å²) < 4.78 is 6.16. The molecule has 0 amide bonds. The molecule has 0 aromatic rings. The molecule has 0 N–H and O–H groups in total. The fraction of sp³-hybridized carbons (Fsp3) is 0.875. The van der Waals surface area contributed by atoms with Crippen molar-refractivity contribution in [3.8, 4) is 12.3 Å². The minimum Gasteiger partial charge on any atom is -0.417 e. The highest BCUT2D eigenvalue weighted by Crippen LogP contribution is 2.36. The summed E-state index contributed by atoms with van der Waals surface area (Å²) in [5.74, 6) is 3.41. The van der Waals surface area contributed by atoms with Crippen LogP contribution in [0.4, 0.5) is 0 Å². The molecule has 1 atom stereocenters. The topological polar surface area (TPSA) is 9.23 Å². The van der Waals surface area contributed by atoms with E-state index in [0.717, 1.165) is 13.0 Å². The summed E-state index contributed by atoms with van der Waals surface area (Å²) >= 11 is 0. The Balaban J connectivity index is 3.61. The first-order chi connectivity index (χ1) is 8.20. The molecule has 106 valence electrons. The molecule has 0 spiro atoms. The van der Waals surface area contributed by atoms with Gasteiger partial charge in [-0.3, -0.25) is 0 Å². The normalized spacial score (nSPS) is 14.3. The minimum atomic E-state index is -1.53. The smallest absolute Gasteiger partial charge is 0.191 e. The van der Waals surface area contributed by atoms with Crippen molar-refractivity contribution in [3.63, 3.8) is 0 Å². The number of hydrogen-bond acceptors (Lipinski definition) is 1. The lowest BCUT2D eigenvalue weighted by molar-refractivity contribution is 0.276. The van der Waals surface area contributed by atoms with Gasteiger partial charge in [-0.2, -0.15) is 0 Å². The number of hydrogen-bond donors (Lipinski definition) is 0. The minimum absolute atomic E-state index is 0.328. The van der Waals surface area contributed by atoms with Gasteiger partial charge in [0.15, 0.2) is 8.32 Å². The fourth-order valence-electron chi connectivity index (χ4n) is 1.62. The second-order valence-corrected chi connectivity index (χ2v) is 11.8.